The SMILES string of the molecule is CCCCCN(C(=O)c1cccc(N)c1OCC)C(C)C. The largest absolute Gasteiger partial charge is 0.491 e. The molecule has 0 saturated heterocycles. The van der Waals surface area contributed by atoms with Crippen molar-refractivity contribution in [2.75, 3.05) is 18.9 Å². The molecule has 1 aromatic rings. The fourth-order valence-corrected chi connectivity index (χ4v) is 2.31. The maximum absolute atomic E-state index is 12.8. The Bertz CT molecular complexity index is 458. The van der Waals surface area contributed by atoms with Gasteiger partial charge in [0.15, 0.2) is 5.75 Å². The van der Waals surface area contributed by atoms with Crippen LogP contribution >= 0.6 is 0 Å². The van der Waals surface area contributed by atoms with Crippen LogP contribution in [0.5, 0.6) is 5.75 Å². The van der Waals surface area contributed by atoms with Gasteiger partial charge in [0.05, 0.1) is 17.9 Å². The predicted octanol–water partition coefficient (Wildman–Crippen LogP) is 3.71. The standard InChI is InChI=1S/C17H28N2O2/c1-5-7-8-12-19(13(3)4)17(20)14-10-9-11-15(18)16(14)21-6-2/h9-11,13H,5-8,12,18H2,1-4H3. The molecule has 0 aliphatic carbocycles. The Balaban J connectivity index is 3.00. The molecule has 0 saturated carbocycles. The molecule has 0 radical (unpaired) electrons. The van der Waals surface area contributed by atoms with E-state index in [0.29, 0.717) is 23.6 Å². The Kier molecular flexibility index (Phi) is 7.06. The molecule has 1 rings (SSSR count). The number of rotatable bonds is 8. The number of amides is 1. The molecule has 21 heavy (non-hydrogen) atoms. The maximum Gasteiger partial charge on any atom is 0.257 e. The molecule has 118 valence electrons. The summed E-state index contributed by atoms with van der Waals surface area (Å²) < 4.78 is 5.57. The first-order valence-corrected chi connectivity index (χ1v) is 7.85. The Morgan fingerprint density at radius 2 is 2.00 bits per heavy atom. The lowest BCUT2D eigenvalue weighted by Gasteiger charge is -2.28. The van der Waals surface area contributed by atoms with Gasteiger partial charge in [0, 0.05) is 12.6 Å². The van der Waals surface area contributed by atoms with Gasteiger partial charge in [-0.25, -0.2) is 0 Å². The number of nitrogens with zero attached hydrogens (tertiary/aromatic N) is 1. The minimum absolute atomic E-state index is 0.00291. The van der Waals surface area contributed by atoms with E-state index in [2.05, 4.69) is 6.92 Å². The highest BCUT2D eigenvalue weighted by Crippen LogP contribution is 2.28. The third-order valence-electron chi connectivity index (χ3n) is 3.45. The molecular formula is C17H28N2O2. The molecular weight excluding hydrogens is 264 g/mol. The van der Waals surface area contributed by atoms with Gasteiger partial charge in [-0.15, -0.1) is 0 Å². The van der Waals surface area contributed by atoms with Crippen LogP contribution in [0.3, 0.4) is 0 Å². The zero-order valence-electron chi connectivity index (χ0n) is 13.7. The number of benzene rings is 1. The highest BCUT2D eigenvalue weighted by atomic mass is 16.5. The molecule has 4 nitrogen and oxygen atoms in total. The van der Waals surface area contributed by atoms with Crippen molar-refractivity contribution in [1.29, 1.82) is 0 Å². The van der Waals surface area contributed by atoms with Crippen molar-refractivity contribution in [3.63, 3.8) is 0 Å². The van der Waals surface area contributed by atoms with Crippen LogP contribution in [0.4, 0.5) is 5.69 Å². The van der Waals surface area contributed by atoms with Crippen LogP contribution in [-0.2, 0) is 0 Å². The summed E-state index contributed by atoms with van der Waals surface area (Å²) in [5.74, 6) is 0.503. The second kappa shape index (κ2) is 8.55. The summed E-state index contributed by atoms with van der Waals surface area (Å²) in [5.41, 5.74) is 7.02. The number of hydrogen-bond acceptors (Lipinski definition) is 3. The topological polar surface area (TPSA) is 55.6 Å². The minimum atomic E-state index is -0.00291. The predicted molar refractivity (Wildman–Crippen MR) is 87.7 cm³/mol. The number of nitrogen functional groups attached to an aromatic ring is 1. The van der Waals surface area contributed by atoms with Gasteiger partial charge < -0.3 is 15.4 Å². The van der Waals surface area contributed by atoms with E-state index in [9.17, 15) is 4.79 Å². The Morgan fingerprint density at radius 1 is 1.29 bits per heavy atom. The lowest BCUT2D eigenvalue weighted by atomic mass is 10.1. The summed E-state index contributed by atoms with van der Waals surface area (Å²) in [6, 6.07) is 5.51. The second-order valence-corrected chi connectivity index (χ2v) is 5.46. The van der Waals surface area contributed by atoms with Crippen LogP contribution in [0.2, 0.25) is 0 Å². The molecule has 1 amide bonds. The lowest BCUT2D eigenvalue weighted by Crippen LogP contribution is -2.38. The minimum Gasteiger partial charge on any atom is -0.491 e. The molecule has 0 aromatic heterocycles. The van der Waals surface area contributed by atoms with E-state index >= 15 is 0 Å². The molecule has 0 atom stereocenters. The molecule has 0 aliphatic rings. The van der Waals surface area contributed by atoms with Crippen molar-refractivity contribution in [3.8, 4) is 5.75 Å². The van der Waals surface area contributed by atoms with Crippen LogP contribution in [0, 0.1) is 0 Å². The summed E-state index contributed by atoms with van der Waals surface area (Å²) in [6.07, 6.45) is 3.29. The van der Waals surface area contributed by atoms with Crippen molar-refractivity contribution < 1.29 is 9.53 Å². The fraction of sp³-hybridized carbons (Fsp3) is 0.588. The summed E-state index contributed by atoms with van der Waals surface area (Å²) >= 11 is 0. The lowest BCUT2D eigenvalue weighted by molar-refractivity contribution is 0.0698. The van der Waals surface area contributed by atoms with E-state index in [1.54, 1.807) is 18.2 Å². The van der Waals surface area contributed by atoms with Crippen LogP contribution < -0.4 is 10.5 Å². The highest BCUT2D eigenvalue weighted by Gasteiger charge is 2.22. The molecule has 0 aliphatic heterocycles. The number of para-hydroxylation sites is 1. The average molecular weight is 292 g/mol. The first kappa shape index (κ1) is 17.3. The number of nitrogens with two attached hydrogens (primary N) is 1. The van der Waals surface area contributed by atoms with Crippen molar-refractivity contribution in [1.82, 2.24) is 4.90 Å². The van der Waals surface area contributed by atoms with Crippen molar-refractivity contribution in [3.05, 3.63) is 23.8 Å². The monoisotopic (exact) mass is 292 g/mol. The van der Waals surface area contributed by atoms with Crippen molar-refractivity contribution in [2.45, 2.75) is 53.0 Å². The van der Waals surface area contributed by atoms with Gasteiger partial charge in [0.25, 0.3) is 5.91 Å². The average Bonchev–Trinajstić information content (AvgIpc) is 2.45. The number of anilines is 1. The Labute approximate surface area is 128 Å². The molecule has 0 spiro atoms. The molecule has 0 fully saturated rings. The molecule has 1 aromatic carbocycles. The van der Waals surface area contributed by atoms with Gasteiger partial charge in [-0.1, -0.05) is 25.8 Å². The third kappa shape index (κ3) is 4.66. The first-order chi connectivity index (χ1) is 10.0. The van der Waals surface area contributed by atoms with Gasteiger partial charge in [-0.3, -0.25) is 4.79 Å². The zero-order valence-corrected chi connectivity index (χ0v) is 13.7. The molecule has 4 heteroatoms. The van der Waals surface area contributed by atoms with E-state index < -0.39 is 0 Å². The van der Waals surface area contributed by atoms with Crippen LogP contribution in [0.15, 0.2) is 18.2 Å². The maximum atomic E-state index is 12.8. The molecule has 0 heterocycles. The van der Waals surface area contributed by atoms with Gasteiger partial charge in [-0.2, -0.15) is 0 Å². The smallest absolute Gasteiger partial charge is 0.257 e. The number of unbranched alkanes of at least 4 members (excludes halogenated alkanes) is 2. The second-order valence-electron chi connectivity index (χ2n) is 5.46. The van der Waals surface area contributed by atoms with E-state index in [1.807, 2.05) is 25.7 Å². The summed E-state index contributed by atoms with van der Waals surface area (Å²) in [4.78, 5) is 14.7. The molecule has 0 unspecified atom stereocenters. The van der Waals surface area contributed by atoms with Gasteiger partial charge in [0.1, 0.15) is 0 Å². The zero-order chi connectivity index (χ0) is 15.8. The van der Waals surface area contributed by atoms with Gasteiger partial charge in [0.2, 0.25) is 0 Å². The highest BCUT2D eigenvalue weighted by molar-refractivity contribution is 5.98. The van der Waals surface area contributed by atoms with Crippen LogP contribution in [-0.4, -0.2) is 30.0 Å². The summed E-state index contributed by atoms with van der Waals surface area (Å²) in [7, 11) is 0. The first-order valence-electron chi connectivity index (χ1n) is 7.85. The third-order valence-corrected chi connectivity index (χ3v) is 3.45. The van der Waals surface area contributed by atoms with E-state index in [-0.39, 0.29) is 11.9 Å². The Hall–Kier alpha value is -1.71. The number of ether oxygens (including phenoxy) is 1. The number of carbonyl (C=O) groups excluding carboxylic acids is 1. The summed E-state index contributed by atoms with van der Waals surface area (Å²) in [5, 5.41) is 0. The van der Waals surface area contributed by atoms with Crippen LogP contribution in [0.25, 0.3) is 0 Å². The normalized spacial score (nSPS) is 10.7. The van der Waals surface area contributed by atoms with Crippen LogP contribution in [0.1, 0.15) is 57.3 Å². The number of hydrogen-bond donors (Lipinski definition) is 1. The van der Waals surface area contributed by atoms with Gasteiger partial charge in [-0.05, 0) is 39.3 Å². The van der Waals surface area contributed by atoms with E-state index in [1.165, 1.54) is 0 Å². The summed E-state index contributed by atoms with van der Waals surface area (Å²) in [6.45, 7) is 9.39. The fourth-order valence-electron chi connectivity index (χ4n) is 2.31. The van der Waals surface area contributed by atoms with Gasteiger partial charge >= 0.3 is 0 Å². The van der Waals surface area contributed by atoms with E-state index in [0.717, 1.165) is 25.8 Å². The number of carbonyl (C=O) groups is 1. The van der Waals surface area contributed by atoms with Crippen molar-refractivity contribution >= 4 is 11.6 Å². The Morgan fingerprint density at radius 3 is 2.57 bits per heavy atom. The quantitative estimate of drug-likeness (QED) is 0.587. The van der Waals surface area contributed by atoms with E-state index in [4.69, 9.17) is 10.5 Å². The molecule has 0 bridgehead atoms. The van der Waals surface area contributed by atoms with Crippen molar-refractivity contribution in [2.24, 2.45) is 0 Å². The molecule has 2 N–H and O–H groups in total.